The summed E-state index contributed by atoms with van der Waals surface area (Å²) in [5, 5.41) is 0. The molecule has 2 aromatic carbocycles. The van der Waals surface area contributed by atoms with Crippen LogP contribution in [0.2, 0.25) is 0 Å². The van der Waals surface area contributed by atoms with Crippen LogP contribution in [0.25, 0.3) is 11.4 Å². The van der Waals surface area contributed by atoms with Crippen molar-refractivity contribution in [1.29, 1.82) is 0 Å². The van der Waals surface area contributed by atoms with Gasteiger partial charge in [0, 0.05) is 18.7 Å². The lowest BCUT2D eigenvalue weighted by atomic mass is 10.2. The smallest absolute Gasteiger partial charge is 0.266 e. The van der Waals surface area contributed by atoms with Crippen molar-refractivity contribution in [1.82, 2.24) is 19.9 Å². The van der Waals surface area contributed by atoms with Crippen LogP contribution < -0.4 is 14.5 Å². The molecule has 2 aliphatic rings. The number of anilines is 2. The number of aromatic nitrogens is 3. The highest BCUT2D eigenvalue weighted by atomic mass is 35.6. The number of carbonyl (C=O) groups excluding carboxylic acids is 1. The Balaban J connectivity index is 1.15. The van der Waals surface area contributed by atoms with Crippen molar-refractivity contribution < 1.29 is 14.3 Å². The van der Waals surface area contributed by atoms with Gasteiger partial charge in [-0.15, -0.1) is 0 Å². The number of thioether (sulfide) groups is 1. The van der Waals surface area contributed by atoms with Crippen molar-refractivity contribution in [3.05, 3.63) is 83.1 Å². The van der Waals surface area contributed by atoms with Crippen LogP contribution in [-0.2, 0) is 17.1 Å². The van der Waals surface area contributed by atoms with Gasteiger partial charge in [-0.1, -0.05) is 106 Å². The summed E-state index contributed by atoms with van der Waals surface area (Å²) in [5.41, 5.74) is 2.83. The van der Waals surface area contributed by atoms with Gasteiger partial charge in [-0.2, -0.15) is 0 Å². The second kappa shape index (κ2) is 15.2. The molecule has 1 amide bonds. The Hall–Kier alpha value is -2.06. The van der Waals surface area contributed by atoms with Crippen molar-refractivity contribution in [2.75, 3.05) is 42.8 Å². The molecular weight excluding hydrogens is 769 g/mol. The van der Waals surface area contributed by atoms with E-state index in [1.54, 1.807) is 24.3 Å². The summed E-state index contributed by atoms with van der Waals surface area (Å²) in [6.45, 7) is 6.25. The van der Waals surface area contributed by atoms with Crippen LogP contribution in [0.4, 0.5) is 11.4 Å². The van der Waals surface area contributed by atoms with Crippen molar-refractivity contribution in [2.45, 2.75) is 21.4 Å². The number of hydrogen-bond donors (Lipinski definition) is 0. The Morgan fingerprint density at radius 3 is 1.94 bits per heavy atom. The fourth-order valence-corrected chi connectivity index (χ4v) is 6.55. The fourth-order valence-electron chi connectivity index (χ4n) is 4.80. The number of nitrogens with zero attached hydrogens (tertiary/aromatic N) is 6. The lowest BCUT2D eigenvalue weighted by Gasteiger charge is -2.23. The van der Waals surface area contributed by atoms with Crippen LogP contribution in [0.15, 0.2) is 71.4 Å². The molecular formula is C30H26Cl6N6O3S2. The van der Waals surface area contributed by atoms with E-state index in [4.69, 9.17) is 91.3 Å². The molecule has 17 heteroatoms. The van der Waals surface area contributed by atoms with Crippen molar-refractivity contribution in [3.8, 4) is 17.1 Å². The van der Waals surface area contributed by atoms with E-state index in [0.29, 0.717) is 20.5 Å². The van der Waals surface area contributed by atoms with Gasteiger partial charge in [-0.3, -0.25) is 9.69 Å². The van der Waals surface area contributed by atoms with Gasteiger partial charge in [0.05, 0.1) is 29.4 Å². The highest BCUT2D eigenvalue weighted by Gasteiger charge is 2.35. The van der Waals surface area contributed by atoms with Gasteiger partial charge in [-0.25, -0.2) is 15.0 Å². The lowest BCUT2D eigenvalue weighted by Crippen LogP contribution is -2.31. The van der Waals surface area contributed by atoms with E-state index in [2.05, 4.69) is 50.7 Å². The number of amides is 1. The first-order valence-electron chi connectivity index (χ1n) is 14.1. The van der Waals surface area contributed by atoms with E-state index < -0.39 is 7.59 Å². The number of ether oxygens (including phenoxy) is 2. The van der Waals surface area contributed by atoms with Gasteiger partial charge < -0.3 is 19.3 Å². The first kappa shape index (κ1) is 36.2. The van der Waals surface area contributed by atoms with Crippen molar-refractivity contribution in [2.24, 2.45) is 0 Å². The highest BCUT2D eigenvalue weighted by Crippen LogP contribution is 2.42. The Labute approximate surface area is 311 Å². The highest BCUT2D eigenvalue weighted by molar-refractivity contribution is 8.26. The maximum atomic E-state index is 13.2. The zero-order valence-corrected chi connectivity index (χ0v) is 31.0. The summed E-state index contributed by atoms with van der Waals surface area (Å²) in [6, 6.07) is 15.0. The van der Waals surface area contributed by atoms with Gasteiger partial charge in [0.25, 0.3) is 5.91 Å². The van der Waals surface area contributed by atoms with Crippen LogP contribution in [0.5, 0.6) is 5.75 Å². The predicted molar refractivity (Wildman–Crippen MR) is 196 cm³/mol. The molecule has 0 aliphatic carbocycles. The largest absolute Gasteiger partial charge is 0.468 e. The summed E-state index contributed by atoms with van der Waals surface area (Å²) in [4.78, 5) is 32.1. The third-order valence-electron chi connectivity index (χ3n) is 6.93. The number of rotatable bonds is 10. The molecule has 2 aliphatic heterocycles. The minimum Gasteiger partial charge on any atom is -0.468 e. The number of benzene rings is 2. The predicted octanol–water partition coefficient (Wildman–Crippen LogP) is 8.50. The number of carbonyl (C=O) groups is 1. The second-order valence-electron chi connectivity index (χ2n) is 9.85. The van der Waals surface area contributed by atoms with E-state index in [9.17, 15) is 4.79 Å². The maximum Gasteiger partial charge on any atom is 0.266 e. The fraction of sp³-hybridized carbons (Fsp3) is 0.300. The number of alkyl halides is 6. The molecule has 0 bridgehead atoms. The second-order valence-corrected chi connectivity index (χ2v) is 16.1. The summed E-state index contributed by atoms with van der Waals surface area (Å²) in [6.07, 6.45) is 3.82. The van der Waals surface area contributed by atoms with Crippen LogP contribution >= 0.6 is 93.6 Å². The molecule has 0 atom stereocenters. The Morgan fingerprint density at radius 2 is 1.40 bits per heavy atom. The Morgan fingerprint density at radius 1 is 0.830 bits per heavy atom. The molecule has 1 aromatic heterocycles. The van der Waals surface area contributed by atoms with E-state index in [1.165, 1.54) is 16.7 Å². The van der Waals surface area contributed by atoms with Crippen molar-refractivity contribution >= 4 is 115 Å². The number of para-hydroxylation sites is 2. The van der Waals surface area contributed by atoms with Crippen LogP contribution in [0.1, 0.15) is 25.5 Å². The normalized spacial score (nSPS) is 16.0. The van der Waals surface area contributed by atoms with E-state index in [-0.39, 0.29) is 43.3 Å². The summed E-state index contributed by atoms with van der Waals surface area (Å²) in [5.74, 6) is 1.11. The third kappa shape index (κ3) is 8.40. The van der Waals surface area contributed by atoms with Crippen molar-refractivity contribution in [3.63, 3.8) is 0 Å². The molecule has 0 saturated carbocycles. The molecule has 0 N–H and O–H groups in total. The molecule has 248 valence electrons. The molecule has 47 heavy (non-hydrogen) atoms. The summed E-state index contributed by atoms with van der Waals surface area (Å²) in [7, 11) is 0. The van der Waals surface area contributed by atoms with Gasteiger partial charge in [0.15, 0.2) is 24.3 Å². The number of fused-ring (bicyclic) bond motifs is 1. The standard InChI is InChI=1S/C30H26Cl6N6O3S2/c1-3-40-20-7-5-6-8-21(20)41(4-2)23(40)14-13-22-25(43)42(28(46)47-22)15-16-44-17-45-19-11-9-18(10-12-19)24-37-26(29(31,32)33)39-27(38-24)30(34,35)36/h5-14H,3-4,15-17H2,1-2H3. The number of thiocarbonyl (C=S) groups is 1. The molecule has 3 heterocycles. The van der Waals surface area contributed by atoms with Crippen LogP contribution in [0, 0.1) is 0 Å². The first-order valence-corrected chi connectivity index (χ1v) is 17.6. The molecule has 0 radical (unpaired) electrons. The van der Waals surface area contributed by atoms with Gasteiger partial charge in [0.2, 0.25) is 7.59 Å². The van der Waals surface area contributed by atoms with Crippen LogP contribution in [0.3, 0.4) is 0 Å². The SMILES string of the molecule is CCN1C(=CC=C2SC(=S)N(CCOCOc3ccc(-c4nc(C(Cl)(Cl)Cl)nc(C(Cl)(Cl)Cl)n4)cc3)C2=O)N(CC)c2ccccc21. The molecule has 0 spiro atoms. The molecule has 0 unspecified atom stereocenters. The molecule has 5 rings (SSSR count). The Bertz CT molecular complexity index is 1650. The number of halogens is 6. The minimum absolute atomic E-state index is 0.0586. The minimum atomic E-state index is -1.96. The monoisotopic (exact) mass is 792 g/mol. The molecule has 9 nitrogen and oxygen atoms in total. The zero-order valence-electron chi connectivity index (χ0n) is 24.8. The topological polar surface area (TPSA) is 83.9 Å². The van der Waals surface area contributed by atoms with Crippen LogP contribution in [-0.4, -0.2) is 63.1 Å². The Kier molecular flexibility index (Phi) is 11.7. The van der Waals surface area contributed by atoms with Gasteiger partial charge >= 0.3 is 0 Å². The van der Waals surface area contributed by atoms with E-state index in [1.807, 2.05) is 24.3 Å². The zero-order chi connectivity index (χ0) is 33.9. The third-order valence-corrected chi connectivity index (χ3v) is 9.34. The number of allylic oxidation sites excluding steroid dienone is 2. The molecule has 1 fully saturated rings. The van der Waals surface area contributed by atoms with Gasteiger partial charge in [0.1, 0.15) is 15.9 Å². The van der Waals surface area contributed by atoms with Gasteiger partial charge in [-0.05, 0) is 62.4 Å². The van der Waals surface area contributed by atoms with E-state index in [0.717, 1.165) is 30.3 Å². The first-order chi connectivity index (χ1) is 22.3. The lowest BCUT2D eigenvalue weighted by molar-refractivity contribution is -0.123. The molecule has 3 aromatic rings. The molecule has 1 saturated heterocycles. The average molecular weight is 795 g/mol. The quantitative estimate of drug-likeness (QED) is 0.0656. The summed E-state index contributed by atoms with van der Waals surface area (Å²) < 4.78 is 7.87. The number of hydrogen-bond acceptors (Lipinski definition) is 10. The average Bonchev–Trinajstić information content (AvgIpc) is 3.50. The summed E-state index contributed by atoms with van der Waals surface area (Å²) >= 11 is 42.5. The maximum absolute atomic E-state index is 13.2. The van der Waals surface area contributed by atoms with E-state index >= 15 is 0 Å².